The van der Waals surface area contributed by atoms with Crippen molar-refractivity contribution in [3.63, 3.8) is 0 Å². The minimum Gasteiger partial charge on any atom is -0.320 e. The molecule has 1 N–H and O–H groups in total. The van der Waals surface area contributed by atoms with Gasteiger partial charge < -0.3 is 10.2 Å². The molecule has 0 radical (unpaired) electrons. The molecule has 5 heteroatoms. The minimum absolute atomic E-state index is 0.583. The Kier molecular flexibility index (Phi) is 19.2. The molecule has 1 amide bonds. The number of hydrogen-bond acceptors (Lipinski definition) is 3. The number of carbonyl (C=O) groups excluding carboxylic acids is 1. The molecule has 0 bridgehead atoms. The van der Waals surface area contributed by atoms with Crippen molar-refractivity contribution in [2.75, 3.05) is 20.1 Å². The van der Waals surface area contributed by atoms with Crippen LogP contribution < -0.4 is 5.32 Å². The van der Waals surface area contributed by atoms with E-state index in [0.717, 1.165) is 39.5 Å². The Morgan fingerprint density at radius 3 is 2.31 bits per heavy atom. The average molecular weight is 527 g/mol. The predicted molar refractivity (Wildman–Crippen MR) is 162 cm³/mol. The first-order chi connectivity index (χ1) is 17.3. The van der Waals surface area contributed by atoms with Crippen molar-refractivity contribution in [2.24, 2.45) is 0 Å². The van der Waals surface area contributed by atoms with E-state index in [1.54, 1.807) is 29.8 Å². The molecular weight excluding hydrogens is 484 g/mol. The maximum Gasteiger partial charge on any atom is 0.213 e. The third kappa shape index (κ3) is 14.1. The number of rotatable bonds is 11. The Balaban J connectivity index is 0.00000102. The Morgan fingerprint density at radius 2 is 1.81 bits per heavy atom. The molecule has 0 saturated carbocycles. The number of allylic oxidation sites excluding steroid dienone is 4. The van der Waals surface area contributed by atoms with E-state index >= 15 is 0 Å². The first-order valence-electron chi connectivity index (χ1n) is 12.4. The quantitative estimate of drug-likeness (QED) is 0.181. The zero-order valence-corrected chi connectivity index (χ0v) is 24.5. The van der Waals surface area contributed by atoms with Crippen molar-refractivity contribution in [3.05, 3.63) is 112 Å². The van der Waals surface area contributed by atoms with Gasteiger partial charge in [0.1, 0.15) is 0 Å². The van der Waals surface area contributed by atoms with Gasteiger partial charge in [0.05, 0.1) is 0 Å². The van der Waals surface area contributed by atoms with Gasteiger partial charge in [0.2, 0.25) is 6.41 Å². The van der Waals surface area contributed by atoms with Crippen molar-refractivity contribution >= 4 is 29.8 Å². The Hall–Kier alpha value is -2.53. The zero-order chi connectivity index (χ0) is 27.3. The summed E-state index contributed by atoms with van der Waals surface area (Å²) in [6.07, 6.45) is 9.74. The summed E-state index contributed by atoms with van der Waals surface area (Å²) in [5.41, 5.74) is 4.58. The van der Waals surface area contributed by atoms with Crippen LogP contribution in [-0.2, 0) is 11.2 Å². The van der Waals surface area contributed by atoms with Gasteiger partial charge in [-0.05, 0) is 62.1 Å². The zero-order valence-electron chi connectivity index (χ0n) is 23.0. The number of likely N-dealkylation sites (N-methyl/N-ethyl adjacent to an activating group) is 1. The summed E-state index contributed by atoms with van der Waals surface area (Å²) in [5, 5.41) is 4.11. The smallest absolute Gasteiger partial charge is 0.213 e. The van der Waals surface area contributed by atoms with E-state index in [0.29, 0.717) is 18.1 Å². The third-order valence-corrected chi connectivity index (χ3v) is 6.09. The molecule has 0 aromatic heterocycles. The van der Waals surface area contributed by atoms with Crippen molar-refractivity contribution < 1.29 is 4.79 Å². The largest absolute Gasteiger partial charge is 0.320 e. The molecule has 2 aromatic carbocycles. The monoisotopic (exact) mass is 526 g/mol. The highest BCUT2D eigenvalue weighted by Gasteiger charge is 2.10. The number of aryl methyl sites for hydroxylation is 2. The van der Waals surface area contributed by atoms with E-state index in [1.807, 2.05) is 71.0 Å². The number of nitrogens with zero attached hydrogens (tertiary/aromatic N) is 1. The van der Waals surface area contributed by atoms with E-state index in [4.69, 9.17) is 11.6 Å². The van der Waals surface area contributed by atoms with Crippen LogP contribution in [0.25, 0.3) is 0 Å². The van der Waals surface area contributed by atoms with Gasteiger partial charge in [-0.15, -0.1) is 0 Å². The summed E-state index contributed by atoms with van der Waals surface area (Å²) in [7, 11) is 1.77. The van der Waals surface area contributed by atoms with E-state index < -0.39 is 0 Å². The number of carbonyl (C=O) groups is 1. The van der Waals surface area contributed by atoms with Gasteiger partial charge in [0, 0.05) is 40.7 Å². The Bertz CT molecular complexity index is 977. The number of thioether (sulfide) groups is 1. The molecule has 196 valence electrons. The van der Waals surface area contributed by atoms with Crippen molar-refractivity contribution in [1.29, 1.82) is 0 Å². The summed E-state index contributed by atoms with van der Waals surface area (Å²) in [4.78, 5) is 15.0. The molecular formula is C31H43ClN2OS. The molecule has 0 aliphatic rings. The van der Waals surface area contributed by atoms with Crippen LogP contribution in [0, 0.1) is 6.92 Å². The van der Waals surface area contributed by atoms with Crippen molar-refractivity contribution in [3.8, 4) is 0 Å². The van der Waals surface area contributed by atoms with Gasteiger partial charge in [0.15, 0.2) is 0 Å². The fourth-order valence-electron chi connectivity index (χ4n) is 3.14. The Labute approximate surface area is 229 Å². The van der Waals surface area contributed by atoms with Gasteiger partial charge in [-0.3, -0.25) is 4.79 Å². The first kappa shape index (κ1) is 33.5. The molecule has 36 heavy (non-hydrogen) atoms. The van der Waals surface area contributed by atoms with E-state index in [-0.39, 0.29) is 0 Å². The fourth-order valence-corrected chi connectivity index (χ4v) is 4.61. The van der Waals surface area contributed by atoms with Crippen LogP contribution in [0.5, 0.6) is 0 Å². The van der Waals surface area contributed by atoms with Gasteiger partial charge in [-0.25, -0.2) is 0 Å². The molecule has 0 spiro atoms. The number of halogens is 1. The molecule has 0 aliphatic heterocycles. The lowest BCUT2D eigenvalue weighted by Gasteiger charge is -2.20. The van der Waals surface area contributed by atoms with E-state index in [1.165, 1.54) is 5.56 Å². The van der Waals surface area contributed by atoms with E-state index in [2.05, 4.69) is 49.2 Å². The highest BCUT2D eigenvalue weighted by Crippen LogP contribution is 2.31. The van der Waals surface area contributed by atoms with Gasteiger partial charge in [-0.1, -0.05) is 105 Å². The number of amides is 1. The topological polar surface area (TPSA) is 32.3 Å². The highest BCUT2D eigenvalue weighted by atomic mass is 35.5. The van der Waals surface area contributed by atoms with Crippen LogP contribution in [0.1, 0.15) is 45.7 Å². The first-order valence-corrected chi connectivity index (χ1v) is 13.6. The fraction of sp³-hybridized carbons (Fsp3) is 0.323. The second kappa shape index (κ2) is 20.6. The summed E-state index contributed by atoms with van der Waals surface area (Å²) < 4.78 is 0. The predicted octanol–water partition coefficient (Wildman–Crippen LogP) is 8.61. The summed E-state index contributed by atoms with van der Waals surface area (Å²) >= 11 is 7.76. The molecule has 0 aliphatic carbocycles. The molecule has 2 rings (SSSR count). The molecule has 0 atom stereocenters. The van der Waals surface area contributed by atoms with Gasteiger partial charge in [-0.2, -0.15) is 0 Å². The van der Waals surface area contributed by atoms with Crippen LogP contribution in [0.15, 0.2) is 100 Å². The number of hydrogen-bond donors (Lipinski definition) is 1. The lowest BCUT2D eigenvalue weighted by Crippen LogP contribution is -2.28. The van der Waals surface area contributed by atoms with Crippen LogP contribution >= 0.6 is 23.4 Å². The van der Waals surface area contributed by atoms with Crippen LogP contribution in [0.2, 0.25) is 5.02 Å². The molecule has 0 fully saturated rings. The Morgan fingerprint density at radius 1 is 1.14 bits per heavy atom. The lowest BCUT2D eigenvalue weighted by molar-refractivity contribution is -0.115. The number of nitrogens with one attached hydrogen (secondary N) is 1. The van der Waals surface area contributed by atoms with Gasteiger partial charge >= 0.3 is 0 Å². The van der Waals surface area contributed by atoms with Crippen LogP contribution in [0.3, 0.4) is 0 Å². The lowest BCUT2D eigenvalue weighted by atomic mass is 10.2. The SMILES string of the molecule is C=C/C=C(\C=C/C)CNC/C(=C(/C)Sc1cc(C)cc(Cl)c1)N(C)C=O.CC.CCc1ccccc1. The van der Waals surface area contributed by atoms with Gasteiger partial charge in [0.25, 0.3) is 0 Å². The average Bonchev–Trinajstić information content (AvgIpc) is 2.87. The second-order valence-corrected chi connectivity index (χ2v) is 9.43. The minimum atomic E-state index is 0.583. The maximum absolute atomic E-state index is 11.3. The normalized spacial score (nSPS) is 11.5. The summed E-state index contributed by atoms with van der Waals surface area (Å²) in [5.74, 6) is 0. The molecule has 0 heterocycles. The summed E-state index contributed by atoms with van der Waals surface area (Å²) in [6, 6.07) is 16.4. The second-order valence-electron chi connectivity index (χ2n) is 7.71. The maximum atomic E-state index is 11.3. The van der Waals surface area contributed by atoms with E-state index in [9.17, 15) is 4.79 Å². The highest BCUT2D eigenvalue weighted by molar-refractivity contribution is 8.03. The molecule has 3 nitrogen and oxygen atoms in total. The number of benzene rings is 2. The van der Waals surface area contributed by atoms with Crippen LogP contribution in [0.4, 0.5) is 0 Å². The third-order valence-electron chi connectivity index (χ3n) is 4.86. The molecule has 0 unspecified atom stereocenters. The van der Waals surface area contributed by atoms with Crippen molar-refractivity contribution in [1.82, 2.24) is 10.2 Å². The standard InChI is InChI=1S/C21H27ClN2OS.C8H10.C2H6/c1-6-8-18(9-7-2)13-23-14-21(24(5)15-25)17(4)26-20-11-16(3)10-19(22)12-20;1-2-8-6-4-3-5-7-8;1-2/h6-12,15,23H,1,13-14H2,2-5H3;3-7H,2H2,1H3;1-2H3/b9-7-,18-8+,21-17+;;. The summed E-state index contributed by atoms with van der Waals surface area (Å²) in [6.45, 7) is 17.2. The molecule has 2 aromatic rings. The van der Waals surface area contributed by atoms with Crippen molar-refractivity contribution in [2.45, 2.75) is 52.9 Å². The molecule has 0 saturated heterocycles. The van der Waals surface area contributed by atoms with Crippen LogP contribution in [-0.4, -0.2) is 31.4 Å².